The van der Waals surface area contributed by atoms with Crippen LogP contribution in [0.1, 0.15) is 47.7 Å². The Labute approximate surface area is 145 Å². The maximum absolute atomic E-state index is 12.2. The molecule has 0 bridgehead atoms. The molecule has 3 rings (SSSR count). The van der Waals surface area contributed by atoms with Crippen molar-refractivity contribution in [1.29, 1.82) is 0 Å². The van der Waals surface area contributed by atoms with Crippen LogP contribution in [0.15, 0.2) is 41.5 Å². The van der Waals surface area contributed by atoms with Gasteiger partial charge in [0.05, 0.1) is 12.0 Å². The monoisotopic (exact) mass is 345 g/mol. The van der Waals surface area contributed by atoms with Crippen molar-refractivity contribution < 1.29 is 4.79 Å². The Morgan fingerprint density at radius 2 is 1.96 bits per heavy atom. The van der Waals surface area contributed by atoms with Gasteiger partial charge in [0.15, 0.2) is 0 Å². The summed E-state index contributed by atoms with van der Waals surface area (Å²) in [4.78, 5) is 28.6. The van der Waals surface area contributed by atoms with Gasteiger partial charge in [-0.05, 0) is 37.1 Å². The lowest BCUT2D eigenvalue weighted by Crippen LogP contribution is -2.31. The lowest BCUT2D eigenvalue weighted by atomic mass is 10.0. The van der Waals surface area contributed by atoms with E-state index < -0.39 is 0 Å². The number of nitrogens with one attached hydrogen (secondary N) is 1. The molecule has 0 unspecified atom stereocenters. The van der Waals surface area contributed by atoms with Gasteiger partial charge in [0.2, 0.25) is 0 Å². The van der Waals surface area contributed by atoms with E-state index in [-0.39, 0.29) is 11.5 Å². The Morgan fingerprint density at radius 3 is 2.62 bits per heavy atom. The van der Waals surface area contributed by atoms with Gasteiger partial charge < -0.3 is 5.32 Å². The molecule has 2 aromatic rings. The fourth-order valence-corrected chi connectivity index (χ4v) is 3.17. The van der Waals surface area contributed by atoms with Crippen LogP contribution >= 0.6 is 11.6 Å². The van der Waals surface area contributed by atoms with Gasteiger partial charge in [-0.25, -0.2) is 4.98 Å². The van der Waals surface area contributed by atoms with E-state index in [0.29, 0.717) is 29.6 Å². The molecule has 24 heavy (non-hydrogen) atoms. The second-order valence-corrected chi connectivity index (χ2v) is 6.53. The van der Waals surface area contributed by atoms with E-state index in [0.717, 1.165) is 18.5 Å². The topological polar surface area (TPSA) is 64.0 Å². The summed E-state index contributed by atoms with van der Waals surface area (Å²) in [5.74, 6) is 0.243. The molecular formula is C18H20ClN3O2. The molecule has 1 aromatic heterocycles. The van der Waals surface area contributed by atoms with Crippen LogP contribution in [-0.2, 0) is 6.54 Å². The zero-order valence-electron chi connectivity index (χ0n) is 13.4. The average Bonchev–Trinajstić information content (AvgIpc) is 3.11. The van der Waals surface area contributed by atoms with Gasteiger partial charge in [-0.1, -0.05) is 24.4 Å². The van der Waals surface area contributed by atoms with Crippen molar-refractivity contribution >= 4 is 17.5 Å². The largest absolute Gasteiger partial charge is 0.350 e. The van der Waals surface area contributed by atoms with Crippen LogP contribution in [0.4, 0.5) is 0 Å². The maximum Gasteiger partial charge on any atom is 0.253 e. The highest BCUT2D eigenvalue weighted by atomic mass is 35.5. The molecule has 0 spiro atoms. The van der Waals surface area contributed by atoms with Crippen LogP contribution in [0.3, 0.4) is 0 Å². The standard InChI is InChI=1S/C18H20ClN3O2/c19-15-7-5-14(6-8-15)18(24)20-9-10-22-12-21-16(11-17(22)23)13-3-1-2-4-13/h5-8,11-13H,1-4,9-10H2,(H,20,24). The van der Waals surface area contributed by atoms with Crippen LogP contribution in [0.2, 0.25) is 5.02 Å². The predicted molar refractivity (Wildman–Crippen MR) is 93.5 cm³/mol. The highest BCUT2D eigenvalue weighted by molar-refractivity contribution is 6.30. The number of rotatable bonds is 5. The van der Waals surface area contributed by atoms with E-state index in [9.17, 15) is 9.59 Å². The number of hydrogen-bond donors (Lipinski definition) is 1. The Kier molecular flexibility index (Phi) is 5.30. The van der Waals surface area contributed by atoms with E-state index in [1.54, 1.807) is 36.7 Å². The Balaban J connectivity index is 1.55. The summed E-state index contributed by atoms with van der Waals surface area (Å²) in [6.45, 7) is 0.766. The van der Waals surface area contributed by atoms with Crippen LogP contribution in [0.25, 0.3) is 0 Å². The maximum atomic E-state index is 12.2. The summed E-state index contributed by atoms with van der Waals surface area (Å²) in [6.07, 6.45) is 6.25. The van der Waals surface area contributed by atoms with Crippen molar-refractivity contribution in [3.8, 4) is 0 Å². The van der Waals surface area contributed by atoms with Gasteiger partial charge in [0.1, 0.15) is 0 Å². The number of aromatic nitrogens is 2. The van der Waals surface area contributed by atoms with E-state index in [1.807, 2.05) is 0 Å². The van der Waals surface area contributed by atoms with Crippen molar-refractivity contribution in [1.82, 2.24) is 14.9 Å². The quantitative estimate of drug-likeness (QED) is 0.906. The summed E-state index contributed by atoms with van der Waals surface area (Å²) in [5.41, 5.74) is 1.38. The molecule has 1 aliphatic rings. The number of hydrogen-bond acceptors (Lipinski definition) is 3. The van der Waals surface area contributed by atoms with Gasteiger partial charge in [-0.2, -0.15) is 0 Å². The molecule has 1 amide bonds. The smallest absolute Gasteiger partial charge is 0.253 e. The van der Waals surface area contributed by atoms with Crippen molar-refractivity contribution in [2.24, 2.45) is 0 Å². The van der Waals surface area contributed by atoms with E-state index >= 15 is 0 Å². The number of carbonyl (C=O) groups is 1. The molecule has 1 aliphatic carbocycles. The molecule has 1 N–H and O–H groups in total. The fourth-order valence-electron chi connectivity index (χ4n) is 3.05. The Bertz CT molecular complexity index is 765. The van der Waals surface area contributed by atoms with Crippen molar-refractivity contribution in [2.75, 3.05) is 6.54 Å². The second-order valence-electron chi connectivity index (χ2n) is 6.09. The lowest BCUT2D eigenvalue weighted by molar-refractivity contribution is 0.0952. The lowest BCUT2D eigenvalue weighted by Gasteiger charge is -2.11. The molecule has 0 radical (unpaired) electrons. The summed E-state index contributed by atoms with van der Waals surface area (Å²) in [6, 6.07) is 8.32. The first-order chi connectivity index (χ1) is 11.6. The van der Waals surface area contributed by atoms with Crippen molar-refractivity contribution in [2.45, 2.75) is 38.1 Å². The van der Waals surface area contributed by atoms with Crippen LogP contribution in [-0.4, -0.2) is 22.0 Å². The highest BCUT2D eigenvalue weighted by Crippen LogP contribution is 2.32. The molecule has 1 heterocycles. The second kappa shape index (κ2) is 7.62. The van der Waals surface area contributed by atoms with Gasteiger partial charge in [-0.3, -0.25) is 14.2 Å². The van der Waals surface area contributed by atoms with E-state index in [2.05, 4.69) is 10.3 Å². The molecule has 1 aromatic carbocycles. The van der Waals surface area contributed by atoms with Crippen LogP contribution in [0, 0.1) is 0 Å². The first kappa shape index (κ1) is 16.7. The van der Waals surface area contributed by atoms with E-state index in [4.69, 9.17) is 11.6 Å². The van der Waals surface area contributed by atoms with Gasteiger partial charge in [0.25, 0.3) is 11.5 Å². The van der Waals surface area contributed by atoms with Crippen LogP contribution in [0.5, 0.6) is 0 Å². The third kappa shape index (κ3) is 4.03. The zero-order chi connectivity index (χ0) is 16.9. The Morgan fingerprint density at radius 1 is 1.25 bits per heavy atom. The average molecular weight is 346 g/mol. The minimum absolute atomic E-state index is 0.0624. The molecule has 0 atom stereocenters. The minimum Gasteiger partial charge on any atom is -0.350 e. The third-order valence-electron chi connectivity index (χ3n) is 4.42. The highest BCUT2D eigenvalue weighted by Gasteiger charge is 2.18. The first-order valence-electron chi connectivity index (χ1n) is 8.23. The molecule has 0 saturated heterocycles. The SMILES string of the molecule is O=C(NCCn1cnc(C2CCCC2)cc1=O)c1ccc(Cl)cc1. The summed E-state index contributed by atoms with van der Waals surface area (Å²) in [7, 11) is 0. The molecule has 126 valence electrons. The number of amides is 1. The third-order valence-corrected chi connectivity index (χ3v) is 4.67. The van der Waals surface area contributed by atoms with E-state index in [1.165, 1.54) is 17.4 Å². The molecule has 5 nitrogen and oxygen atoms in total. The molecular weight excluding hydrogens is 326 g/mol. The summed E-state index contributed by atoms with van der Waals surface area (Å²) < 4.78 is 1.53. The van der Waals surface area contributed by atoms with Gasteiger partial charge >= 0.3 is 0 Å². The van der Waals surface area contributed by atoms with Crippen LogP contribution < -0.4 is 10.9 Å². The number of halogens is 1. The van der Waals surface area contributed by atoms with Crippen molar-refractivity contribution in [3.63, 3.8) is 0 Å². The zero-order valence-corrected chi connectivity index (χ0v) is 14.1. The summed E-state index contributed by atoms with van der Waals surface area (Å²) in [5, 5.41) is 3.38. The number of carbonyl (C=O) groups excluding carboxylic acids is 1. The molecule has 6 heteroatoms. The number of nitrogens with zero attached hydrogens (tertiary/aromatic N) is 2. The number of benzene rings is 1. The Hall–Kier alpha value is -2.14. The molecule has 1 saturated carbocycles. The predicted octanol–water partition coefficient (Wildman–Crippen LogP) is 2.98. The minimum atomic E-state index is -0.185. The van der Waals surface area contributed by atoms with Gasteiger partial charge in [0, 0.05) is 35.7 Å². The van der Waals surface area contributed by atoms with Gasteiger partial charge in [-0.15, -0.1) is 0 Å². The first-order valence-corrected chi connectivity index (χ1v) is 8.61. The molecule has 1 fully saturated rings. The molecule has 0 aliphatic heterocycles. The fraction of sp³-hybridized carbons (Fsp3) is 0.389. The van der Waals surface area contributed by atoms with Crippen molar-refractivity contribution in [3.05, 3.63) is 63.3 Å². The summed E-state index contributed by atoms with van der Waals surface area (Å²) >= 11 is 5.80. The normalized spacial score (nSPS) is 14.7.